The van der Waals surface area contributed by atoms with Crippen LogP contribution in [0.25, 0.3) is 0 Å². The van der Waals surface area contributed by atoms with Gasteiger partial charge >= 0.3 is 0 Å². The fourth-order valence-electron chi connectivity index (χ4n) is 2.46. The standard InChI is InChI=1S/C11H22N2/c1-11(2)6-5-10(11)13-8-9-4-3-7-12-9/h9-10,12-13H,3-8H2,1-2H3/t9-,10?/m1/s1. The van der Waals surface area contributed by atoms with Gasteiger partial charge in [-0.25, -0.2) is 0 Å². The summed E-state index contributed by atoms with van der Waals surface area (Å²) >= 11 is 0. The van der Waals surface area contributed by atoms with Crippen LogP contribution in [0.5, 0.6) is 0 Å². The van der Waals surface area contributed by atoms with Crippen molar-refractivity contribution in [2.24, 2.45) is 5.41 Å². The van der Waals surface area contributed by atoms with Gasteiger partial charge in [0.25, 0.3) is 0 Å². The van der Waals surface area contributed by atoms with Gasteiger partial charge in [0.05, 0.1) is 0 Å². The number of hydrogen-bond donors (Lipinski definition) is 2. The molecule has 0 aromatic heterocycles. The predicted molar refractivity (Wildman–Crippen MR) is 55.8 cm³/mol. The molecule has 2 fully saturated rings. The summed E-state index contributed by atoms with van der Waals surface area (Å²) in [6.45, 7) is 7.14. The molecule has 1 unspecified atom stereocenters. The van der Waals surface area contributed by atoms with Gasteiger partial charge in [0.15, 0.2) is 0 Å². The largest absolute Gasteiger partial charge is 0.313 e. The van der Waals surface area contributed by atoms with E-state index in [1.165, 1.54) is 38.8 Å². The van der Waals surface area contributed by atoms with E-state index in [9.17, 15) is 0 Å². The second-order valence-electron chi connectivity index (χ2n) is 5.28. The summed E-state index contributed by atoms with van der Waals surface area (Å²) in [6.07, 6.45) is 5.49. The summed E-state index contributed by atoms with van der Waals surface area (Å²) in [5, 5.41) is 7.21. The second-order valence-corrected chi connectivity index (χ2v) is 5.28. The van der Waals surface area contributed by atoms with E-state index in [-0.39, 0.29) is 0 Å². The molecule has 0 radical (unpaired) electrons. The van der Waals surface area contributed by atoms with Crippen molar-refractivity contribution in [3.05, 3.63) is 0 Å². The van der Waals surface area contributed by atoms with Crippen LogP contribution >= 0.6 is 0 Å². The molecule has 2 atom stereocenters. The molecule has 1 heterocycles. The lowest BCUT2D eigenvalue weighted by Gasteiger charge is -2.45. The SMILES string of the molecule is CC1(C)CCC1NC[C@H]1CCCN1. The summed E-state index contributed by atoms with van der Waals surface area (Å²) in [4.78, 5) is 0. The molecule has 0 bridgehead atoms. The van der Waals surface area contributed by atoms with Gasteiger partial charge in [0.1, 0.15) is 0 Å². The molecule has 0 aromatic rings. The van der Waals surface area contributed by atoms with E-state index in [1.807, 2.05) is 0 Å². The van der Waals surface area contributed by atoms with E-state index < -0.39 is 0 Å². The van der Waals surface area contributed by atoms with Crippen LogP contribution in [0.1, 0.15) is 39.5 Å². The van der Waals surface area contributed by atoms with Crippen LogP contribution in [-0.4, -0.2) is 25.2 Å². The van der Waals surface area contributed by atoms with E-state index in [1.54, 1.807) is 0 Å². The highest BCUT2D eigenvalue weighted by molar-refractivity contribution is 4.95. The van der Waals surface area contributed by atoms with Crippen LogP contribution in [0.15, 0.2) is 0 Å². The molecule has 76 valence electrons. The molecular weight excluding hydrogens is 160 g/mol. The highest BCUT2D eigenvalue weighted by atomic mass is 15.0. The van der Waals surface area contributed by atoms with Crippen LogP contribution in [0, 0.1) is 5.41 Å². The fourth-order valence-corrected chi connectivity index (χ4v) is 2.46. The molecule has 0 amide bonds. The van der Waals surface area contributed by atoms with Crippen LogP contribution in [0.4, 0.5) is 0 Å². The number of nitrogens with one attached hydrogen (secondary N) is 2. The quantitative estimate of drug-likeness (QED) is 0.691. The highest BCUT2D eigenvalue weighted by Gasteiger charge is 2.38. The van der Waals surface area contributed by atoms with E-state index in [2.05, 4.69) is 24.5 Å². The lowest BCUT2D eigenvalue weighted by Crippen LogP contribution is -2.52. The Morgan fingerprint density at radius 2 is 2.23 bits per heavy atom. The first-order chi connectivity index (χ1) is 6.18. The Morgan fingerprint density at radius 3 is 2.69 bits per heavy atom. The van der Waals surface area contributed by atoms with E-state index in [0.717, 1.165) is 12.1 Å². The molecule has 0 spiro atoms. The molecule has 2 rings (SSSR count). The van der Waals surface area contributed by atoms with Gasteiger partial charge in [-0.05, 0) is 37.6 Å². The van der Waals surface area contributed by atoms with Gasteiger partial charge in [-0.1, -0.05) is 13.8 Å². The van der Waals surface area contributed by atoms with Crippen LogP contribution in [0.3, 0.4) is 0 Å². The van der Waals surface area contributed by atoms with E-state index >= 15 is 0 Å². The normalized spacial score (nSPS) is 37.4. The summed E-state index contributed by atoms with van der Waals surface area (Å²) in [7, 11) is 0. The predicted octanol–water partition coefficient (Wildman–Crippen LogP) is 1.52. The molecule has 13 heavy (non-hydrogen) atoms. The minimum atomic E-state index is 0.554. The lowest BCUT2D eigenvalue weighted by molar-refractivity contribution is 0.107. The monoisotopic (exact) mass is 182 g/mol. The first-order valence-electron chi connectivity index (χ1n) is 5.65. The smallest absolute Gasteiger partial charge is 0.0193 e. The first kappa shape index (κ1) is 9.47. The van der Waals surface area contributed by atoms with Gasteiger partial charge in [0.2, 0.25) is 0 Å². The van der Waals surface area contributed by atoms with Crippen molar-refractivity contribution in [1.29, 1.82) is 0 Å². The summed E-state index contributed by atoms with van der Waals surface area (Å²) < 4.78 is 0. The average molecular weight is 182 g/mol. The number of hydrogen-bond acceptors (Lipinski definition) is 2. The molecule has 0 aromatic carbocycles. The minimum absolute atomic E-state index is 0.554. The molecule has 2 aliphatic rings. The third-order valence-corrected chi connectivity index (χ3v) is 3.79. The Labute approximate surface area is 81.5 Å². The van der Waals surface area contributed by atoms with E-state index in [4.69, 9.17) is 0 Å². The zero-order valence-corrected chi connectivity index (χ0v) is 8.90. The first-order valence-corrected chi connectivity index (χ1v) is 5.65. The zero-order valence-electron chi connectivity index (χ0n) is 8.90. The maximum atomic E-state index is 3.69. The Hall–Kier alpha value is -0.0800. The molecule has 1 aliphatic heterocycles. The van der Waals surface area contributed by atoms with Crippen molar-refractivity contribution in [1.82, 2.24) is 10.6 Å². The van der Waals surface area contributed by atoms with Crippen LogP contribution in [-0.2, 0) is 0 Å². The Bertz CT molecular complexity index is 171. The van der Waals surface area contributed by atoms with Gasteiger partial charge in [-0.15, -0.1) is 0 Å². The third kappa shape index (κ3) is 2.05. The molecule has 1 aliphatic carbocycles. The summed E-state index contributed by atoms with van der Waals surface area (Å²) in [5.74, 6) is 0. The summed E-state index contributed by atoms with van der Waals surface area (Å²) in [5.41, 5.74) is 0.554. The van der Waals surface area contributed by atoms with Gasteiger partial charge in [-0.2, -0.15) is 0 Å². The van der Waals surface area contributed by atoms with Crippen molar-refractivity contribution >= 4 is 0 Å². The van der Waals surface area contributed by atoms with Crippen molar-refractivity contribution in [2.45, 2.75) is 51.6 Å². The fraction of sp³-hybridized carbons (Fsp3) is 1.00. The second kappa shape index (κ2) is 3.58. The molecule has 2 N–H and O–H groups in total. The van der Waals surface area contributed by atoms with Gasteiger partial charge in [0, 0.05) is 18.6 Å². The molecular formula is C11H22N2. The van der Waals surface area contributed by atoms with Crippen molar-refractivity contribution in [2.75, 3.05) is 13.1 Å². The third-order valence-electron chi connectivity index (χ3n) is 3.79. The maximum Gasteiger partial charge on any atom is 0.0193 e. The maximum absolute atomic E-state index is 3.69. The number of rotatable bonds is 3. The van der Waals surface area contributed by atoms with Crippen LogP contribution in [0.2, 0.25) is 0 Å². The van der Waals surface area contributed by atoms with Crippen LogP contribution < -0.4 is 10.6 Å². The zero-order chi connectivity index (χ0) is 9.31. The molecule has 1 saturated heterocycles. The lowest BCUT2D eigenvalue weighted by atomic mass is 9.67. The van der Waals surface area contributed by atoms with Gasteiger partial charge in [-0.3, -0.25) is 0 Å². The van der Waals surface area contributed by atoms with Gasteiger partial charge < -0.3 is 10.6 Å². The Balaban J connectivity index is 1.67. The molecule has 2 nitrogen and oxygen atoms in total. The molecule has 1 saturated carbocycles. The average Bonchev–Trinajstić information content (AvgIpc) is 2.55. The Kier molecular flexibility index (Phi) is 2.61. The van der Waals surface area contributed by atoms with Crippen molar-refractivity contribution < 1.29 is 0 Å². The highest BCUT2D eigenvalue weighted by Crippen LogP contribution is 2.39. The topological polar surface area (TPSA) is 24.1 Å². The van der Waals surface area contributed by atoms with Crippen molar-refractivity contribution in [3.63, 3.8) is 0 Å². The summed E-state index contributed by atoms with van der Waals surface area (Å²) in [6, 6.07) is 1.52. The Morgan fingerprint density at radius 1 is 1.38 bits per heavy atom. The minimum Gasteiger partial charge on any atom is -0.313 e. The van der Waals surface area contributed by atoms with E-state index in [0.29, 0.717) is 5.41 Å². The molecule has 2 heteroatoms. The van der Waals surface area contributed by atoms with Crippen molar-refractivity contribution in [3.8, 4) is 0 Å².